The minimum atomic E-state index is 0.272. The molecule has 0 amide bonds. The molecule has 138 valence electrons. The van der Waals surface area contributed by atoms with E-state index in [1.807, 2.05) is 65.5 Å². The summed E-state index contributed by atoms with van der Waals surface area (Å²) in [6.07, 6.45) is 5.50. The quantitative estimate of drug-likeness (QED) is 0.577. The van der Waals surface area contributed by atoms with Crippen LogP contribution >= 0.6 is 0 Å². The highest BCUT2D eigenvalue weighted by Gasteiger charge is 2.13. The zero-order chi connectivity index (χ0) is 18.8. The van der Waals surface area contributed by atoms with Crippen LogP contribution in [0.5, 0.6) is 11.5 Å². The molecule has 2 aromatic carbocycles. The molecule has 4 aromatic rings. The fourth-order valence-corrected chi connectivity index (χ4v) is 3.01. The molecule has 0 spiro atoms. The van der Waals surface area contributed by atoms with Crippen LogP contribution in [0.15, 0.2) is 73.2 Å². The maximum atomic E-state index is 5.42. The van der Waals surface area contributed by atoms with Crippen molar-refractivity contribution in [3.63, 3.8) is 0 Å². The van der Waals surface area contributed by atoms with Gasteiger partial charge in [-0.3, -0.25) is 0 Å². The molecule has 5 rings (SSSR count). The molecule has 0 unspecified atom stereocenters. The Labute approximate surface area is 161 Å². The summed E-state index contributed by atoms with van der Waals surface area (Å²) in [6, 6.07) is 17.7. The van der Waals surface area contributed by atoms with Crippen LogP contribution in [0.4, 0.5) is 5.95 Å². The van der Waals surface area contributed by atoms with Gasteiger partial charge in [0.1, 0.15) is 0 Å². The lowest BCUT2D eigenvalue weighted by atomic mass is 10.2. The number of aromatic nitrogens is 4. The van der Waals surface area contributed by atoms with Crippen LogP contribution in [0.2, 0.25) is 0 Å². The van der Waals surface area contributed by atoms with E-state index >= 15 is 0 Å². The molecule has 0 radical (unpaired) electrons. The smallest absolute Gasteiger partial charge is 0.231 e. The maximum absolute atomic E-state index is 5.42. The van der Waals surface area contributed by atoms with Gasteiger partial charge in [-0.15, -0.1) is 0 Å². The Kier molecular flexibility index (Phi) is 4.10. The van der Waals surface area contributed by atoms with Gasteiger partial charge >= 0.3 is 0 Å². The second-order valence-corrected chi connectivity index (χ2v) is 6.32. The van der Waals surface area contributed by atoms with Crippen molar-refractivity contribution in [3.05, 3.63) is 78.8 Å². The standard InChI is InChI=1S/C21H17N5O2/c1-2-4-17(5-3-1)26-13-16(12-24-26)18-8-9-22-21(25-18)23-11-15-6-7-19-20(10-15)28-14-27-19/h1-10,12-13H,11,14H2,(H,22,23,25). The molecule has 7 heteroatoms. The number of para-hydroxylation sites is 1. The molecular weight excluding hydrogens is 354 g/mol. The highest BCUT2D eigenvalue weighted by molar-refractivity contribution is 5.59. The van der Waals surface area contributed by atoms with Gasteiger partial charge in [0.2, 0.25) is 12.7 Å². The maximum Gasteiger partial charge on any atom is 0.231 e. The monoisotopic (exact) mass is 371 g/mol. The van der Waals surface area contributed by atoms with Crippen molar-refractivity contribution in [2.75, 3.05) is 12.1 Å². The van der Waals surface area contributed by atoms with Crippen LogP contribution in [0.1, 0.15) is 5.56 Å². The van der Waals surface area contributed by atoms with E-state index in [-0.39, 0.29) is 6.79 Å². The van der Waals surface area contributed by atoms with Crippen LogP contribution in [0, 0.1) is 0 Å². The van der Waals surface area contributed by atoms with Gasteiger partial charge in [0.05, 0.1) is 17.6 Å². The second-order valence-electron chi connectivity index (χ2n) is 6.32. The number of rotatable bonds is 5. The van der Waals surface area contributed by atoms with E-state index in [4.69, 9.17) is 9.47 Å². The van der Waals surface area contributed by atoms with E-state index in [2.05, 4.69) is 20.4 Å². The van der Waals surface area contributed by atoms with E-state index in [9.17, 15) is 0 Å². The summed E-state index contributed by atoms with van der Waals surface area (Å²) in [7, 11) is 0. The van der Waals surface area contributed by atoms with Gasteiger partial charge in [0, 0.05) is 24.5 Å². The van der Waals surface area contributed by atoms with E-state index in [1.54, 1.807) is 12.4 Å². The Morgan fingerprint density at radius 2 is 1.89 bits per heavy atom. The zero-order valence-electron chi connectivity index (χ0n) is 14.9. The van der Waals surface area contributed by atoms with Gasteiger partial charge in [-0.2, -0.15) is 5.10 Å². The van der Waals surface area contributed by atoms with E-state index in [0.29, 0.717) is 12.5 Å². The van der Waals surface area contributed by atoms with Crippen molar-refractivity contribution in [2.24, 2.45) is 0 Å². The summed E-state index contributed by atoms with van der Waals surface area (Å²) in [6.45, 7) is 0.859. The van der Waals surface area contributed by atoms with Crippen molar-refractivity contribution in [3.8, 4) is 28.4 Å². The molecule has 0 saturated carbocycles. The van der Waals surface area contributed by atoms with Gasteiger partial charge in [0.15, 0.2) is 11.5 Å². The van der Waals surface area contributed by atoms with E-state index < -0.39 is 0 Å². The SMILES string of the molecule is c1ccc(-n2cc(-c3ccnc(NCc4ccc5c(c4)OCO5)n3)cn2)cc1. The molecule has 0 saturated heterocycles. The summed E-state index contributed by atoms with van der Waals surface area (Å²) >= 11 is 0. The topological polar surface area (TPSA) is 74.1 Å². The number of hydrogen-bond acceptors (Lipinski definition) is 6. The van der Waals surface area contributed by atoms with E-state index in [0.717, 1.165) is 34.0 Å². The van der Waals surface area contributed by atoms with Gasteiger partial charge in [0.25, 0.3) is 0 Å². The van der Waals surface area contributed by atoms with Gasteiger partial charge in [-0.25, -0.2) is 14.6 Å². The first-order chi connectivity index (χ1) is 13.8. The molecule has 1 aliphatic heterocycles. The molecule has 1 aliphatic rings. The summed E-state index contributed by atoms with van der Waals surface area (Å²) in [5, 5.41) is 7.68. The third kappa shape index (κ3) is 3.25. The lowest BCUT2D eigenvalue weighted by Gasteiger charge is -2.07. The molecule has 7 nitrogen and oxygen atoms in total. The number of nitrogens with one attached hydrogen (secondary N) is 1. The highest BCUT2D eigenvalue weighted by atomic mass is 16.7. The molecule has 28 heavy (non-hydrogen) atoms. The normalized spacial score (nSPS) is 12.1. The largest absolute Gasteiger partial charge is 0.454 e. The molecule has 2 aromatic heterocycles. The number of anilines is 1. The Morgan fingerprint density at radius 1 is 1.00 bits per heavy atom. The third-order valence-corrected chi connectivity index (χ3v) is 4.44. The first-order valence-electron chi connectivity index (χ1n) is 8.91. The molecule has 3 heterocycles. The number of nitrogens with zero attached hydrogens (tertiary/aromatic N) is 4. The summed E-state index contributed by atoms with van der Waals surface area (Å²) in [4.78, 5) is 8.92. The van der Waals surface area contributed by atoms with E-state index in [1.165, 1.54) is 0 Å². The molecule has 0 fully saturated rings. The van der Waals surface area contributed by atoms with Crippen molar-refractivity contribution < 1.29 is 9.47 Å². The first kappa shape index (κ1) is 16.3. The lowest BCUT2D eigenvalue weighted by Crippen LogP contribution is -2.03. The average molecular weight is 371 g/mol. The Balaban J connectivity index is 1.32. The number of hydrogen-bond donors (Lipinski definition) is 1. The number of ether oxygens (including phenoxy) is 2. The fourth-order valence-electron chi connectivity index (χ4n) is 3.01. The van der Waals surface area contributed by atoms with Crippen molar-refractivity contribution in [2.45, 2.75) is 6.54 Å². The van der Waals surface area contributed by atoms with Crippen molar-refractivity contribution >= 4 is 5.95 Å². The number of fused-ring (bicyclic) bond motifs is 1. The first-order valence-corrected chi connectivity index (χ1v) is 8.91. The van der Waals surface area contributed by atoms with Gasteiger partial charge < -0.3 is 14.8 Å². The Hall–Kier alpha value is -3.87. The summed E-state index contributed by atoms with van der Waals surface area (Å²) in [5.74, 6) is 2.10. The van der Waals surface area contributed by atoms with Crippen LogP contribution in [-0.2, 0) is 6.54 Å². The minimum absolute atomic E-state index is 0.272. The van der Waals surface area contributed by atoms with Crippen LogP contribution in [0.3, 0.4) is 0 Å². The fraction of sp³-hybridized carbons (Fsp3) is 0.0952. The Morgan fingerprint density at radius 3 is 2.82 bits per heavy atom. The van der Waals surface area contributed by atoms with Crippen molar-refractivity contribution in [1.29, 1.82) is 0 Å². The molecule has 0 atom stereocenters. The van der Waals surface area contributed by atoms with Crippen LogP contribution < -0.4 is 14.8 Å². The minimum Gasteiger partial charge on any atom is -0.454 e. The average Bonchev–Trinajstić information content (AvgIpc) is 3.42. The molecule has 0 aliphatic carbocycles. The lowest BCUT2D eigenvalue weighted by molar-refractivity contribution is 0.174. The van der Waals surface area contributed by atoms with Crippen LogP contribution in [-0.4, -0.2) is 26.5 Å². The van der Waals surface area contributed by atoms with Gasteiger partial charge in [-0.05, 0) is 35.9 Å². The summed E-state index contributed by atoms with van der Waals surface area (Å²) in [5.41, 5.74) is 3.81. The predicted molar refractivity (Wildman–Crippen MR) is 104 cm³/mol. The molecule has 0 bridgehead atoms. The van der Waals surface area contributed by atoms with Gasteiger partial charge in [-0.1, -0.05) is 24.3 Å². The zero-order valence-corrected chi connectivity index (χ0v) is 14.9. The third-order valence-electron chi connectivity index (χ3n) is 4.44. The second kappa shape index (κ2) is 7.03. The Bertz CT molecular complexity index is 1110. The molecular formula is C21H17N5O2. The summed E-state index contributed by atoms with van der Waals surface area (Å²) < 4.78 is 12.6. The molecule has 1 N–H and O–H groups in total. The van der Waals surface area contributed by atoms with Crippen molar-refractivity contribution in [1.82, 2.24) is 19.7 Å². The highest BCUT2D eigenvalue weighted by Crippen LogP contribution is 2.32. The predicted octanol–water partition coefficient (Wildman–Crippen LogP) is 3.67. The number of benzene rings is 2. The van der Waals surface area contributed by atoms with Crippen LogP contribution in [0.25, 0.3) is 16.9 Å².